The molecule has 5 nitrogen and oxygen atoms in total. The lowest BCUT2D eigenvalue weighted by Gasteiger charge is -2.46. The van der Waals surface area contributed by atoms with Gasteiger partial charge in [0.05, 0.1) is 11.5 Å². The summed E-state index contributed by atoms with van der Waals surface area (Å²) < 4.78 is 15.1. The summed E-state index contributed by atoms with van der Waals surface area (Å²) in [5.74, 6) is -0.537. The number of carbonyl (C=O) groups is 1. The molecule has 1 aliphatic carbocycles. The lowest BCUT2D eigenvalue weighted by atomic mass is 9.67. The molecule has 170 valence electrons. The van der Waals surface area contributed by atoms with Crippen LogP contribution in [0.3, 0.4) is 0 Å². The molecule has 1 unspecified atom stereocenters. The fourth-order valence-corrected chi connectivity index (χ4v) is 5.21. The number of nitrogens with one attached hydrogen (secondary N) is 1. The number of nitrogens with two attached hydrogens (primary N) is 1. The predicted molar refractivity (Wildman–Crippen MR) is 127 cm³/mol. The average Bonchev–Trinajstić information content (AvgIpc) is 2.96. The number of carbonyl (C=O) groups excluding carboxylic acids is 1. The molecule has 0 saturated carbocycles. The smallest absolute Gasteiger partial charge is 0.237 e. The van der Waals surface area contributed by atoms with Gasteiger partial charge in [-0.25, -0.2) is 9.38 Å². The van der Waals surface area contributed by atoms with Gasteiger partial charge in [0.2, 0.25) is 5.91 Å². The van der Waals surface area contributed by atoms with E-state index in [4.69, 9.17) is 17.3 Å². The Hall–Kier alpha value is -2.60. The number of fused-ring (bicyclic) bond motifs is 1. The van der Waals surface area contributed by atoms with E-state index in [9.17, 15) is 4.79 Å². The molecule has 0 saturated heterocycles. The highest BCUT2D eigenvalue weighted by Crippen LogP contribution is 2.49. The van der Waals surface area contributed by atoms with Gasteiger partial charge in [0, 0.05) is 23.3 Å². The van der Waals surface area contributed by atoms with Crippen LogP contribution in [-0.2, 0) is 15.7 Å². The molecule has 0 spiro atoms. The topological polar surface area (TPSA) is 70.7 Å². The lowest BCUT2D eigenvalue weighted by Crippen LogP contribution is -2.58. The minimum Gasteiger partial charge on any atom is -0.378 e. The number of benzene rings is 2. The SMILES string of the molecule is CN1C(=O)C(C)(C)[C@@](C)(c2cc(NC3CC(C)(C)c4cc(Cl)ccc43)ccc2F)N=C1N. The molecule has 0 fully saturated rings. The van der Waals surface area contributed by atoms with E-state index in [1.807, 2.05) is 12.1 Å². The first-order chi connectivity index (χ1) is 14.8. The van der Waals surface area contributed by atoms with Gasteiger partial charge in [0.1, 0.15) is 11.4 Å². The van der Waals surface area contributed by atoms with Crippen LogP contribution in [0.4, 0.5) is 10.1 Å². The highest BCUT2D eigenvalue weighted by atomic mass is 35.5. The van der Waals surface area contributed by atoms with Crippen molar-refractivity contribution in [3.05, 3.63) is 63.9 Å². The van der Waals surface area contributed by atoms with Crippen LogP contribution in [-0.4, -0.2) is 23.8 Å². The van der Waals surface area contributed by atoms with Crippen LogP contribution in [0.1, 0.15) is 63.8 Å². The van der Waals surface area contributed by atoms with Gasteiger partial charge in [-0.05, 0) is 74.1 Å². The summed E-state index contributed by atoms with van der Waals surface area (Å²) >= 11 is 6.24. The van der Waals surface area contributed by atoms with Crippen molar-refractivity contribution in [1.82, 2.24) is 4.90 Å². The molecule has 0 aromatic heterocycles. The summed E-state index contributed by atoms with van der Waals surface area (Å²) in [5, 5.41) is 4.29. The Kier molecular flexibility index (Phi) is 5.09. The molecule has 1 amide bonds. The number of nitrogens with zero attached hydrogens (tertiary/aromatic N) is 2. The summed E-state index contributed by atoms with van der Waals surface area (Å²) in [7, 11) is 1.59. The van der Waals surface area contributed by atoms with Crippen molar-refractivity contribution >= 4 is 29.2 Å². The van der Waals surface area contributed by atoms with Gasteiger partial charge in [0.15, 0.2) is 5.96 Å². The predicted octanol–water partition coefficient (Wildman–Crippen LogP) is 5.34. The number of guanidine groups is 1. The Balaban J connectivity index is 1.75. The molecule has 7 heteroatoms. The van der Waals surface area contributed by atoms with Crippen LogP contribution in [0.15, 0.2) is 41.4 Å². The zero-order valence-corrected chi connectivity index (χ0v) is 20.1. The minimum atomic E-state index is -1.15. The van der Waals surface area contributed by atoms with Crippen molar-refractivity contribution in [1.29, 1.82) is 0 Å². The maximum Gasteiger partial charge on any atom is 0.237 e. The molecule has 2 aromatic carbocycles. The summed E-state index contributed by atoms with van der Waals surface area (Å²) in [6.07, 6.45) is 0.881. The Labute approximate surface area is 193 Å². The highest BCUT2D eigenvalue weighted by Gasteiger charge is 2.54. The van der Waals surface area contributed by atoms with Crippen LogP contribution in [0.2, 0.25) is 5.02 Å². The molecule has 2 atom stereocenters. The lowest BCUT2D eigenvalue weighted by molar-refractivity contribution is -0.140. The van der Waals surface area contributed by atoms with Gasteiger partial charge in [-0.3, -0.25) is 9.69 Å². The molecule has 1 heterocycles. The van der Waals surface area contributed by atoms with Crippen molar-refractivity contribution in [2.75, 3.05) is 12.4 Å². The van der Waals surface area contributed by atoms with Crippen molar-refractivity contribution in [3.8, 4) is 0 Å². The van der Waals surface area contributed by atoms with Gasteiger partial charge < -0.3 is 11.1 Å². The van der Waals surface area contributed by atoms with Gasteiger partial charge in [-0.15, -0.1) is 0 Å². The Morgan fingerprint density at radius 1 is 1.12 bits per heavy atom. The number of hydrogen-bond acceptors (Lipinski definition) is 4. The van der Waals surface area contributed by atoms with E-state index >= 15 is 4.39 Å². The number of rotatable bonds is 3. The maximum atomic E-state index is 15.1. The quantitative estimate of drug-likeness (QED) is 0.654. The molecular formula is C25H30ClFN4O. The van der Waals surface area contributed by atoms with Gasteiger partial charge in [0.25, 0.3) is 0 Å². The monoisotopic (exact) mass is 456 g/mol. The number of halogens is 2. The zero-order chi connectivity index (χ0) is 23.6. The van der Waals surface area contributed by atoms with Crippen molar-refractivity contribution < 1.29 is 9.18 Å². The highest BCUT2D eigenvalue weighted by molar-refractivity contribution is 6.30. The fraction of sp³-hybridized carbons (Fsp3) is 0.440. The first-order valence-corrected chi connectivity index (χ1v) is 11.2. The second-order valence-corrected chi connectivity index (χ2v) is 10.7. The van der Waals surface area contributed by atoms with E-state index in [0.29, 0.717) is 5.56 Å². The third kappa shape index (κ3) is 3.27. The number of hydrogen-bond donors (Lipinski definition) is 2. The van der Waals surface area contributed by atoms with Crippen molar-refractivity contribution in [2.24, 2.45) is 16.1 Å². The molecular weight excluding hydrogens is 427 g/mol. The molecule has 2 aliphatic rings. The molecule has 2 aromatic rings. The van der Waals surface area contributed by atoms with Gasteiger partial charge in [-0.1, -0.05) is 31.5 Å². The summed E-state index contributed by atoms with van der Waals surface area (Å²) in [6.45, 7) is 9.72. The summed E-state index contributed by atoms with van der Waals surface area (Å²) in [4.78, 5) is 18.9. The summed E-state index contributed by atoms with van der Waals surface area (Å²) in [5.41, 5.74) is 7.37. The van der Waals surface area contributed by atoms with Crippen LogP contribution in [0.25, 0.3) is 0 Å². The van der Waals surface area contributed by atoms with E-state index in [2.05, 4.69) is 30.2 Å². The maximum absolute atomic E-state index is 15.1. The average molecular weight is 457 g/mol. The Morgan fingerprint density at radius 2 is 1.81 bits per heavy atom. The second-order valence-electron chi connectivity index (χ2n) is 10.2. The number of anilines is 1. The second kappa shape index (κ2) is 7.20. The molecule has 32 heavy (non-hydrogen) atoms. The third-order valence-corrected chi connectivity index (χ3v) is 7.64. The minimum absolute atomic E-state index is 0.0339. The van der Waals surface area contributed by atoms with Crippen molar-refractivity contribution in [3.63, 3.8) is 0 Å². The Morgan fingerprint density at radius 3 is 2.50 bits per heavy atom. The molecule has 3 N–H and O–H groups in total. The molecule has 1 aliphatic heterocycles. The van der Waals surface area contributed by atoms with Crippen LogP contribution in [0, 0.1) is 11.2 Å². The van der Waals surface area contributed by atoms with Gasteiger partial charge in [-0.2, -0.15) is 0 Å². The first-order valence-electron chi connectivity index (χ1n) is 10.8. The third-order valence-electron chi connectivity index (χ3n) is 7.40. The first kappa shape index (κ1) is 22.6. The number of aliphatic imine (C=N–C) groups is 1. The van der Waals surface area contributed by atoms with Crippen LogP contribution < -0.4 is 11.1 Å². The van der Waals surface area contributed by atoms with E-state index in [1.54, 1.807) is 40.0 Å². The molecule has 0 radical (unpaired) electrons. The largest absolute Gasteiger partial charge is 0.378 e. The fourth-order valence-electron chi connectivity index (χ4n) is 5.04. The van der Waals surface area contributed by atoms with E-state index in [-0.39, 0.29) is 23.3 Å². The van der Waals surface area contributed by atoms with Crippen LogP contribution >= 0.6 is 11.6 Å². The standard InChI is InChI=1S/C25H30ClFN4O/c1-23(2)13-20(16-9-7-14(26)11-17(16)23)29-15-8-10-19(27)18(12-15)25(5)24(3,4)21(32)31(6)22(28)30-25/h7-12,20,29H,13H2,1-6H3,(H2,28,30)/t20?,25-/m1/s1. The molecule has 4 rings (SSSR count). The van der Waals surface area contributed by atoms with E-state index in [0.717, 1.165) is 17.1 Å². The van der Waals surface area contributed by atoms with Crippen LogP contribution in [0.5, 0.6) is 0 Å². The van der Waals surface area contributed by atoms with Crippen molar-refractivity contribution in [2.45, 2.75) is 58.0 Å². The van der Waals surface area contributed by atoms with Gasteiger partial charge >= 0.3 is 0 Å². The molecule has 0 bridgehead atoms. The summed E-state index contributed by atoms with van der Waals surface area (Å²) in [6, 6.07) is 10.9. The zero-order valence-electron chi connectivity index (χ0n) is 19.4. The van der Waals surface area contributed by atoms with E-state index in [1.165, 1.54) is 22.1 Å². The Bertz CT molecular complexity index is 1140. The van der Waals surface area contributed by atoms with E-state index < -0.39 is 16.8 Å². The normalized spacial score (nSPS) is 26.0. The number of amides is 1.